The van der Waals surface area contributed by atoms with E-state index in [4.69, 9.17) is 0 Å². The molecule has 2 aromatic carbocycles. The van der Waals surface area contributed by atoms with Crippen LogP contribution in [0.1, 0.15) is 102 Å². The molecular weight excluding hydrogens is 710 g/mol. The number of ketones is 1. The van der Waals surface area contributed by atoms with Crippen molar-refractivity contribution >= 4 is 47.3 Å². The van der Waals surface area contributed by atoms with Crippen LogP contribution >= 0.6 is 0 Å². The number of nitrogens with one attached hydrogen (secondary N) is 5. The second kappa shape index (κ2) is 21.9. The van der Waals surface area contributed by atoms with Gasteiger partial charge in [-0.3, -0.25) is 33.6 Å². The van der Waals surface area contributed by atoms with Crippen molar-refractivity contribution in [2.45, 2.75) is 109 Å². The van der Waals surface area contributed by atoms with Crippen LogP contribution in [-0.2, 0) is 38.4 Å². The molecule has 0 radical (unpaired) electrons. The summed E-state index contributed by atoms with van der Waals surface area (Å²) < 4.78 is 0. The Bertz CT molecular complexity index is 1650. The molecule has 1 saturated carbocycles. The number of hydrogen-bond acceptors (Lipinski definition) is 8. The Morgan fingerprint density at radius 2 is 1.27 bits per heavy atom. The molecule has 298 valence electrons. The van der Waals surface area contributed by atoms with Gasteiger partial charge in [0, 0.05) is 6.42 Å². The normalized spacial score (nSPS) is 15.6. The van der Waals surface area contributed by atoms with Crippen LogP contribution in [0.3, 0.4) is 0 Å². The van der Waals surface area contributed by atoms with E-state index in [1.54, 1.807) is 55.5 Å². The smallest absolute Gasteiger partial charge is 0.330 e. The first-order valence-corrected chi connectivity index (χ1v) is 18.8. The van der Waals surface area contributed by atoms with Crippen molar-refractivity contribution in [1.82, 2.24) is 26.6 Å². The van der Waals surface area contributed by atoms with Crippen molar-refractivity contribution in [3.63, 3.8) is 0 Å². The second-order valence-corrected chi connectivity index (χ2v) is 14.3. The van der Waals surface area contributed by atoms with Crippen molar-refractivity contribution < 1.29 is 48.6 Å². The maximum Gasteiger partial charge on any atom is 0.330 e. The van der Waals surface area contributed by atoms with Gasteiger partial charge < -0.3 is 36.8 Å². The number of carboxylic acid groups (broad SMARTS) is 2. The van der Waals surface area contributed by atoms with Crippen LogP contribution in [0.5, 0.6) is 0 Å². The highest BCUT2D eigenvalue weighted by Crippen LogP contribution is 2.28. The molecule has 1 aliphatic carbocycles. The minimum absolute atomic E-state index is 0.0640. The summed E-state index contributed by atoms with van der Waals surface area (Å²) in [5, 5.41) is 32.1. The highest BCUT2D eigenvalue weighted by atomic mass is 16.4. The number of benzene rings is 2. The summed E-state index contributed by atoms with van der Waals surface area (Å²) in [6, 6.07) is 11.4. The molecule has 2 aromatic rings. The third-order valence-electron chi connectivity index (χ3n) is 9.48. The zero-order valence-corrected chi connectivity index (χ0v) is 31.5. The third kappa shape index (κ3) is 14.0. The molecule has 3 unspecified atom stereocenters. The van der Waals surface area contributed by atoms with Gasteiger partial charge in [0.15, 0.2) is 6.04 Å². The Balaban J connectivity index is 1.70. The molecule has 0 saturated heterocycles. The molecule has 15 heteroatoms. The molecule has 5 atom stereocenters. The number of aliphatic carboxylic acids is 2. The molecule has 1 fully saturated rings. The van der Waals surface area contributed by atoms with E-state index < -0.39 is 90.3 Å². The molecule has 0 aliphatic heterocycles. The van der Waals surface area contributed by atoms with Gasteiger partial charge in [0.25, 0.3) is 5.91 Å². The minimum atomic E-state index is -1.39. The minimum Gasteiger partial charge on any atom is -0.481 e. The topological polar surface area (TPSA) is 237 Å². The van der Waals surface area contributed by atoms with Crippen LogP contribution < -0.4 is 26.6 Å². The van der Waals surface area contributed by atoms with E-state index in [9.17, 15) is 48.6 Å². The standard InChI is InChI=1S/C40H53N5O10/c1-4-14-29(35(48)38(51)41-23-32(47)45-34(40(54)55)27-19-12-7-13-20-27)42-36(49)30(21-24(2)3)43-37(50)33(26-17-10-6-11-18-26)44-31(46)22-28(39(52)53)25-15-8-5-9-16-25/h5,7-9,12-13,15-16,19-20,24,26,28-30,33-34H,4,6,10-11,14,17-18,21-23H2,1-3H3,(H,41,51)(H,42,49)(H,43,50)(H,44,46)(H,45,47)(H,52,53)(H,54,55)/t28?,29?,30-,33-,34?/m0/s1. The quantitative estimate of drug-likeness (QED) is 0.0918. The zero-order chi connectivity index (χ0) is 40.5. The summed E-state index contributed by atoms with van der Waals surface area (Å²) >= 11 is 0. The van der Waals surface area contributed by atoms with Crippen LogP contribution in [0.15, 0.2) is 60.7 Å². The van der Waals surface area contributed by atoms with Gasteiger partial charge >= 0.3 is 11.9 Å². The number of rotatable bonds is 21. The average Bonchev–Trinajstić information content (AvgIpc) is 3.16. The van der Waals surface area contributed by atoms with Crippen LogP contribution in [0.2, 0.25) is 0 Å². The molecule has 55 heavy (non-hydrogen) atoms. The van der Waals surface area contributed by atoms with Crippen molar-refractivity contribution in [3.8, 4) is 0 Å². The lowest BCUT2D eigenvalue weighted by Gasteiger charge is -2.32. The summed E-state index contributed by atoms with van der Waals surface area (Å²) in [5.74, 6) is -9.02. The van der Waals surface area contributed by atoms with E-state index in [0.717, 1.165) is 19.3 Å². The van der Waals surface area contributed by atoms with Gasteiger partial charge in [-0.1, -0.05) is 107 Å². The zero-order valence-electron chi connectivity index (χ0n) is 31.5. The number of hydrogen-bond donors (Lipinski definition) is 7. The number of Topliss-reactive ketones (excluding diaryl/α,β-unsaturated/α-hetero) is 1. The lowest BCUT2D eigenvalue weighted by Crippen LogP contribution is -2.58. The van der Waals surface area contributed by atoms with Crippen LogP contribution in [0.4, 0.5) is 0 Å². The number of carbonyl (C=O) groups excluding carboxylic acids is 6. The van der Waals surface area contributed by atoms with E-state index in [-0.39, 0.29) is 24.7 Å². The summed E-state index contributed by atoms with van der Waals surface area (Å²) in [4.78, 5) is 104. The first-order chi connectivity index (χ1) is 26.2. The van der Waals surface area contributed by atoms with Gasteiger partial charge in [-0.2, -0.15) is 0 Å². The molecule has 0 heterocycles. The predicted molar refractivity (Wildman–Crippen MR) is 201 cm³/mol. The van der Waals surface area contributed by atoms with Crippen LogP contribution in [-0.4, -0.2) is 82.1 Å². The van der Waals surface area contributed by atoms with Crippen LogP contribution in [0, 0.1) is 11.8 Å². The number of carbonyl (C=O) groups is 8. The molecular formula is C40H53N5O10. The van der Waals surface area contributed by atoms with Gasteiger partial charge in [-0.25, -0.2) is 4.79 Å². The van der Waals surface area contributed by atoms with Gasteiger partial charge in [0.05, 0.1) is 18.5 Å². The van der Waals surface area contributed by atoms with E-state index in [1.807, 2.05) is 13.8 Å². The highest BCUT2D eigenvalue weighted by Gasteiger charge is 2.36. The largest absolute Gasteiger partial charge is 0.481 e. The fourth-order valence-electron chi connectivity index (χ4n) is 6.66. The Labute approximate surface area is 320 Å². The summed E-state index contributed by atoms with van der Waals surface area (Å²) in [6.45, 7) is 4.71. The molecule has 15 nitrogen and oxygen atoms in total. The van der Waals surface area contributed by atoms with Crippen LogP contribution in [0.25, 0.3) is 0 Å². The first kappa shape index (κ1) is 43.8. The third-order valence-corrected chi connectivity index (χ3v) is 9.48. The molecule has 3 rings (SSSR count). The number of amides is 5. The SMILES string of the molecule is CCCC(NC(=O)[C@H](CC(C)C)NC(=O)[C@@H](NC(=O)CC(C(=O)O)c1ccccc1)C1CCCCC1)C(=O)C(=O)NCC(=O)NC(C(=O)O)c1ccccc1. The Hall–Kier alpha value is -5.60. The van der Waals surface area contributed by atoms with Gasteiger partial charge in [0.2, 0.25) is 29.4 Å². The van der Waals surface area contributed by atoms with Crippen molar-refractivity contribution in [2.75, 3.05) is 6.54 Å². The first-order valence-electron chi connectivity index (χ1n) is 18.8. The summed E-state index contributed by atoms with van der Waals surface area (Å²) in [7, 11) is 0. The fraction of sp³-hybridized carbons (Fsp3) is 0.500. The highest BCUT2D eigenvalue weighted by molar-refractivity contribution is 6.38. The van der Waals surface area contributed by atoms with Gasteiger partial charge in [0.1, 0.15) is 12.1 Å². The maximum atomic E-state index is 13.9. The van der Waals surface area contributed by atoms with E-state index in [1.165, 1.54) is 12.1 Å². The Kier molecular flexibility index (Phi) is 17.5. The second-order valence-electron chi connectivity index (χ2n) is 14.3. The summed E-state index contributed by atoms with van der Waals surface area (Å²) in [5.41, 5.74) is 0.752. The summed E-state index contributed by atoms with van der Waals surface area (Å²) in [6.07, 6.45) is 4.13. The lowest BCUT2D eigenvalue weighted by molar-refractivity contribution is -0.143. The average molecular weight is 764 g/mol. The maximum absolute atomic E-state index is 13.9. The van der Waals surface area contributed by atoms with Crippen molar-refractivity contribution in [3.05, 3.63) is 71.8 Å². The molecule has 1 aliphatic rings. The molecule has 0 aromatic heterocycles. The van der Waals surface area contributed by atoms with Gasteiger partial charge in [-0.05, 0) is 48.6 Å². The Morgan fingerprint density at radius 3 is 1.82 bits per heavy atom. The van der Waals surface area contributed by atoms with Gasteiger partial charge in [-0.15, -0.1) is 0 Å². The Morgan fingerprint density at radius 1 is 0.691 bits per heavy atom. The monoisotopic (exact) mass is 763 g/mol. The molecule has 0 bridgehead atoms. The van der Waals surface area contributed by atoms with Crippen molar-refractivity contribution in [1.29, 1.82) is 0 Å². The molecule has 7 N–H and O–H groups in total. The van der Waals surface area contributed by atoms with Crippen molar-refractivity contribution in [2.24, 2.45) is 11.8 Å². The number of carboxylic acids is 2. The van der Waals surface area contributed by atoms with E-state index >= 15 is 0 Å². The fourth-order valence-corrected chi connectivity index (χ4v) is 6.66. The van der Waals surface area contributed by atoms with E-state index in [2.05, 4.69) is 26.6 Å². The van der Waals surface area contributed by atoms with E-state index in [0.29, 0.717) is 30.4 Å². The molecule has 5 amide bonds. The molecule has 0 spiro atoms. The predicted octanol–water partition coefficient (Wildman–Crippen LogP) is 2.75. The lowest BCUT2D eigenvalue weighted by atomic mass is 9.83.